The van der Waals surface area contributed by atoms with Gasteiger partial charge >= 0.3 is 0 Å². The second kappa shape index (κ2) is 5.75. The fourth-order valence-corrected chi connectivity index (χ4v) is 2.74. The van der Waals surface area contributed by atoms with Gasteiger partial charge in [0, 0.05) is 17.8 Å². The predicted octanol–water partition coefficient (Wildman–Crippen LogP) is 1.27. The van der Waals surface area contributed by atoms with Crippen LogP contribution in [-0.4, -0.2) is 36.6 Å². The van der Waals surface area contributed by atoms with Crippen molar-refractivity contribution in [2.24, 2.45) is 5.73 Å². The lowest BCUT2D eigenvalue weighted by Gasteiger charge is -2.17. The molecule has 4 N–H and O–H groups in total. The van der Waals surface area contributed by atoms with Crippen LogP contribution in [0, 0.1) is 0 Å². The van der Waals surface area contributed by atoms with E-state index < -0.39 is 0 Å². The third kappa shape index (κ3) is 3.81. The molecule has 0 amide bonds. The number of anilines is 1. The van der Waals surface area contributed by atoms with E-state index in [1.807, 2.05) is 30.2 Å². The van der Waals surface area contributed by atoms with Crippen LogP contribution in [-0.2, 0) is 6.54 Å². The quantitative estimate of drug-likeness (QED) is 0.774. The van der Waals surface area contributed by atoms with Crippen LogP contribution in [0.1, 0.15) is 20.3 Å². The van der Waals surface area contributed by atoms with Gasteiger partial charge in [-0.15, -0.1) is 0 Å². The fraction of sp³-hybridized carbons (Fsp3) is 0.583. The van der Waals surface area contributed by atoms with Gasteiger partial charge in [-0.3, -0.25) is 0 Å². The number of aromatic nitrogens is 4. The standard InChI is InChI=1S/C12H20N6S/c1-12(2,14)6-19-5-3-4-18-8-17-9-10(13)15-7-16-11(9)18/h7-8H,3-6,14H2,1-2H3,(H2,13,15,16). The number of hydrogen-bond acceptors (Lipinski definition) is 6. The van der Waals surface area contributed by atoms with Gasteiger partial charge in [-0.25, -0.2) is 15.0 Å². The highest BCUT2D eigenvalue weighted by Gasteiger charge is 2.10. The molecule has 2 aromatic heterocycles. The first-order valence-corrected chi connectivity index (χ1v) is 7.41. The molecule has 0 aliphatic carbocycles. The zero-order valence-electron chi connectivity index (χ0n) is 11.3. The molecular weight excluding hydrogens is 260 g/mol. The molecule has 0 aromatic carbocycles. The lowest BCUT2D eigenvalue weighted by molar-refractivity contribution is 0.590. The molecule has 0 saturated heterocycles. The Balaban J connectivity index is 1.87. The maximum Gasteiger partial charge on any atom is 0.165 e. The molecule has 2 rings (SSSR count). The number of thioether (sulfide) groups is 1. The normalized spacial score (nSPS) is 12.2. The van der Waals surface area contributed by atoms with Crippen LogP contribution in [0.25, 0.3) is 11.2 Å². The van der Waals surface area contributed by atoms with Crippen LogP contribution in [0.15, 0.2) is 12.7 Å². The maximum absolute atomic E-state index is 5.94. The van der Waals surface area contributed by atoms with Crippen LogP contribution < -0.4 is 11.5 Å². The average molecular weight is 280 g/mol. The number of aryl methyl sites for hydroxylation is 1. The minimum absolute atomic E-state index is 0.103. The van der Waals surface area contributed by atoms with Gasteiger partial charge in [0.2, 0.25) is 0 Å². The van der Waals surface area contributed by atoms with Crippen molar-refractivity contribution in [3.63, 3.8) is 0 Å². The summed E-state index contributed by atoms with van der Waals surface area (Å²) in [7, 11) is 0. The van der Waals surface area contributed by atoms with Crippen LogP contribution in [0.4, 0.5) is 5.82 Å². The Kier molecular flexibility index (Phi) is 4.26. The molecule has 6 nitrogen and oxygen atoms in total. The molecule has 0 aliphatic heterocycles. The minimum atomic E-state index is -0.103. The molecule has 19 heavy (non-hydrogen) atoms. The first kappa shape index (κ1) is 14.1. The van der Waals surface area contributed by atoms with Crippen molar-refractivity contribution in [1.29, 1.82) is 0 Å². The molecule has 0 aliphatic rings. The molecule has 0 radical (unpaired) electrons. The number of fused-ring (bicyclic) bond motifs is 1. The molecule has 0 saturated carbocycles. The van der Waals surface area contributed by atoms with Crippen molar-refractivity contribution in [2.75, 3.05) is 17.2 Å². The molecule has 0 spiro atoms. The van der Waals surface area contributed by atoms with E-state index in [1.54, 1.807) is 6.33 Å². The molecule has 2 aromatic rings. The molecule has 7 heteroatoms. The summed E-state index contributed by atoms with van der Waals surface area (Å²) in [6, 6.07) is 0. The first-order chi connectivity index (χ1) is 8.97. The first-order valence-electron chi connectivity index (χ1n) is 6.25. The largest absolute Gasteiger partial charge is 0.382 e. The second-order valence-electron chi connectivity index (χ2n) is 5.26. The van der Waals surface area contributed by atoms with Crippen molar-refractivity contribution in [3.05, 3.63) is 12.7 Å². The number of imidazole rings is 1. The average Bonchev–Trinajstić information content (AvgIpc) is 2.72. The highest BCUT2D eigenvalue weighted by molar-refractivity contribution is 7.99. The summed E-state index contributed by atoms with van der Waals surface area (Å²) < 4.78 is 2.02. The molecule has 2 heterocycles. The van der Waals surface area contributed by atoms with Crippen molar-refractivity contribution in [1.82, 2.24) is 19.5 Å². The lowest BCUT2D eigenvalue weighted by Crippen LogP contribution is -2.34. The van der Waals surface area contributed by atoms with Gasteiger partial charge in [-0.2, -0.15) is 11.8 Å². The van der Waals surface area contributed by atoms with E-state index in [0.717, 1.165) is 30.1 Å². The van der Waals surface area contributed by atoms with E-state index in [9.17, 15) is 0 Å². The van der Waals surface area contributed by atoms with E-state index in [2.05, 4.69) is 15.0 Å². The molecule has 104 valence electrons. The number of rotatable bonds is 6. The number of nitrogen functional groups attached to an aromatic ring is 1. The number of hydrogen-bond donors (Lipinski definition) is 2. The van der Waals surface area contributed by atoms with Gasteiger partial charge in [0.15, 0.2) is 11.5 Å². The second-order valence-corrected chi connectivity index (χ2v) is 6.37. The minimum Gasteiger partial charge on any atom is -0.382 e. The smallest absolute Gasteiger partial charge is 0.165 e. The van der Waals surface area contributed by atoms with E-state index in [1.165, 1.54) is 6.33 Å². The van der Waals surface area contributed by atoms with E-state index >= 15 is 0 Å². The fourth-order valence-electron chi connectivity index (χ4n) is 1.73. The lowest BCUT2D eigenvalue weighted by atomic mass is 10.1. The van der Waals surface area contributed by atoms with Crippen molar-refractivity contribution in [2.45, 2.75) is 32.4 Å². The molecule has 0 fully saturated rings. The Bertz CT molecular complexity index is 545. The van der Waals surface area contributed by atoms with Gasteiger partial charge in [0.25, 0.3) is 0 Å². The zero-order valence-corrected chi connectivity index (χ0v) is 12.2. The maximum atomic E-state index is 5.94. The van der Waals surface area contributed by atoms with Crippen LogP contribution in [0.2, 0.25) is 0 Å². The van der Waals surface area contributed by atoms with Gasteiger partial charge in [0.05, 0.1) is 6.33 Å². The van der Waals surface area contributed by atoms with Crippen LogP contribution in [0.5, 0.6) is 0 Å². The van der Waals surface area contributed by atoms with Gasteiger partial charge in [-0.1, -0.05) is 0 Å². The highest BCUT2D eigenvalue weighted by atomic mass is 32.2. The van der Waals surface area contributed by atoms with E-state index in [0.29, 0.717) is 11.3 Å². The Hall–Kier alpha value is -1.34. The van der Waals surface area contributed by atoms with Crippen molar-refractivity contribution >= 4 is 28.7 Å². The van der Waals surface area contributed by atoms with Gasteiger partial charge in [-0.05, 0) is 26.0 Å². The molecule has 0 atom stereocenters. The summed E-state index contributed by atoms with van der Waals surface area (Å²) in [6.07, 6.45) is 4.30. The summed E-state index contributed by atoms with van der Waals surface area (Å²) in [6.45, 7) is 4.97. The van der Waals surface area contributed by atoms with Crippen molar-refractivity contribution < 1.29 is 0 Å². The molecule has 0 bridgehead atoms. The Morgan fingerprint density at radius 2 is 2.11 bits per heavy atom. The summed E-state index contributed by atoms with van der Waals surface area (Å²) in [5.74, 6) is 2.47. The Morgan fingerprint density at radius 1 is 1.32 bits per heavy atom. The van der Waals surface area contributed by atoms with E-state index in [4.69, 9.17) is 11.5 Å². The number of nitrogens with zero attached hydrogens (tertiary/aromatic N) is 4. The third-order valence-corrected chi connectivity index (χ3v) is 4.12. The summed E-state index contributed by atoms with van der Waals surface area (Å²) in [5.41, 5.74) is 13.1. The topological polar surface area (TPSA) is 95.6 Å². The Labute approximate surface area is 117 Å². The summed E-state index contributed by atoms with van der Waals surface area (Å²) in [4.78, 5) is 12.4. The zero-order chi connectivity index (χ0) is 13.9. The van der Waals surface area contributed by atoms with Gasteiger partial charge in [0.1, 0.15) is 11.8 Å². The predicted molar refractivity (Wildman–Crippen MR) is 79.9 cm³/mol. The highest BCUT2D eigenvalue weighted by Crippen LogP contribution is 2.16. The van der Waals surface area contributed by atoms with E-state index in [-0.39, 0.29) is 5.54 Å². The SMILES string of the molecule is CC(C)(N)CSCCCn1cnc2c(N)ncnc21. The monoisotopic (exact) mass is 280 g/mol. The van der Waals surface area contributed by atoms with Crippen LogP contribution >= 0.6 is 11.8 Å². The molecule has 0 unspecified atom stereocenters. The summed E-state index contributed by atoms with van der Waals surface area (Å²) in [5, 5.41) is 0. The van der Waals surface area contributed by atoms with Crippen molar-refractivity contribution in [3.8, 4) is 0 Å². The Morgan fingerprint density at radius 3 is 2.84 bits per heavy atom. The molecular formula is C12H20N6S. The van der Waals surface area contributed by atoms with Gasteiger partial charge < -0.3 is 16.0 Å². The summed E-state index contributed by atoms with van der Waals surface area (Å²) >= 11 is 1.87. The van der Waals surface area contributed by atoms with Crippen LogP contribution in [0.3, 0.4) is 0 Å². The third-order valence-electron chi connectivity index (χ3n) is 2.59. The number of nitrogens with two attached hydrogens (primary N) is 2.